The smallest absolute Gasteiger partial charge is 0.212 e. The maximum absolute atomic E-state index is 13.2. The lowest BCUT2D eigenvalue weighted by Crippen LogP contribution is -2.31. The maximum Gasteiger partial charge on any atom is 0.212 e. The molecule has 0 radical (unpaired) electrons. The summed E-state index contributed by atoms with van der Waals surface area (Å²) in [4.78, 5) is 6.03. The Hall–Kier alpha value is -2.24. The SMILES string of the molecule is C.Cc1ccc2c(c1)c1c(n2CC(C)(O)c2ccc(F)nc2)CCN(C)C1. The highest BCUT2D eigenvalue weighted by Gasteiger charge is 2.29. The van der Waals surface area contributed by atoms with Gasteiger partial charge in [-0.05, 0) is 44.7 Å². The Morgan fingerprint density at radius 2 is 2.04 bits per heavy atom. The van der Waals surface area contributed by atoms with Crippen LogP contribution in [0, 0.1) is 12.9 Å². The topological polar surface area (TPSA) is 41.3 Å². The third-order valence-electron chi connectivity index (χ3n) is 5.42. The third kappa shape index (κ3) is 3.49. The number of aryl methyl sites for hydroxylation is 1. The van der Waals surface area contributed by atoms with Gasteiger partial charge in [0.15, 0.2) is 0 Å². The molecule has 1 N–H and O–H groups in total. The molecule has 3 aromatic rings. The lowest BCUT2D eigenvalue weighted by molar-refractivity contribution is 0.0380. The van der Waals surface area contributed by atoms with E-state index in [1.165, 1.54) is 34.5 Å². The van der Waals surface area contributed by atoms with Crippen molar-refractivity contribution in [2.75, 3.05) is 13.6 Å². The molecule has 1 unspecified atom stereocenters. The van der Waals surface area contributed by atoms with Crippen molar-refractivity contribution in [2.24, 2.45) is 0 Å². The molecule has 0 bridgehead atoms. The van der Waals surface area contributed by atoms with Gasteiger partial charge in [0.25, 0.3) is 0 Å². The quantitative estimate of drug-likeness (QED) is 0.709. The minimum absolute atomic E-state index is 0. The van der Waals surface area contributed by atoms with Crippen LogP contribution in [-0.4, -0.2) is 33.1 Å². The molecule has 144 valence electrons. The molecule has 0 saturated carbocycles. The number of nitrogens with zero attached hydrogens (tertiary/aromatic N) is 3. The standard InChI is InChI=1S/C21H24FN3O.CH4/c1-14-4-6-18-16(10-14)17-12-24(3)9-8-19(17)25(18)13-21(2,26)15-5-7-20(22)23-11-15;/h4-7,10-11,26H,8-9,12-13H2,1-3H3;1H4. The van der Waals surface area contributed by atoms with Gasteiger partial charge in [0.05, 0.1) is 6.54 Å². The number of hydrogen-bond donors (Lipinski definition) is 1. The highest BCUT2D eigenvalue weighted by molar-refractivity contribution is 5.86. The van der Waals surface area contributed by atoms with E-state index >= 15 is 0 Å². The average Bonchev–Trinajstić information content (AvgIpc) is 2.87. The fraction of sp³-hybridized carbons (Fsp3) is 0.409. The number of fused-ring (bicyclic) bond motifs is 3. The molecule has 0 aliphatic carbocycles. The first-order chi connectivity index (χ1) is 12.3. The molecule has 4 nitrogen and oxygen atoms in total. The molecule has 0 fully saturated rings. The summed E-state index contributed by atoms with van der Waals surface area (Å²) in [6.07, 6.45) is 2.38. The number of aromatic nitrogens is 2. The first-order valence-corrected chi connectivity index (χ1v) is 8.99. The summed E-state index contributed by atoms with van der Waals surface area (Å²) in [5.74, 6) is -0.535. The number of pyridine rings is 1. The monoisotopic (exact) mass is 369 g/mol. The molecular formula is C22H28FN3O. The van der Waals surface area contributed by atoms with Gasteiger partial charge in [-0.15, -0.1) is 0 Å². The van der Waals surface area contributed by atoms with Crippen molar-refractivity contribution in [3.63, 3.8) is 0 Å². The number of halogens is 1. The predicted octanol–water partition coefficient (Wildman–Crippen LogP) is 4.02. The van der Waals surface area contributed by atoms with E-state index in [1.807, 2.05) is 0 Å². The lowest BCUT2D eigenvalue weighted by atomic mass is 9.97. The van der Waals surface area contributed by atoms with Gasteiger partial charge >= 0.3 is 0 Å². The normalized spacial score (nSPS) is 16.6. The summed E-state index contributed by atoms with van der Waals surface area (Å²) in [6, 6.07) is 9.39. The van der Waals surface area contributed by atoms with Gasteiger partial charge in [-0.25, -0.2) is 4.98 Å². The number of benzene rings is 1. The zero-order valence-corrected chi connectivity index (χ0v) is 15.5. The number of rotatable bonds is 3. The van der Waals surface area contributed by atoms with Gasteiger partial charge < -0.3 is 14.6 Å². The fourth-order valence-electron chi connectivity index (χ4n) is 3.97. The van der Waals surface area contributed by atoms with Crippen LogP contribution in [0.1, 0.15) is 36.7 Å². The first kappa shape index (κ1) is 19.5. The molecule has 0 saturated heterocycles. The summed E-state index contributed by atoms with van der Waals surface area (Å²) >= 11 is 0. The molecule has 2 aromatic heterocycles. The van der Waals surface area contributed by atoms with Crippen molar-refractivity contribution in [1.82, 2.24) is 14.5 Å². The summed E-state index contributed by atoms with van der Waals surface area (Å²) in [6.45, 7) is 6.21. The molecule has 1 aromatic carbocycles. The van der Waals surface area contributed by atoms with Crippen molar-refractivity contribution in [3.8, 4) is 0 Å². The predicted molar refractivity (Wildman–Crippen MR) is 107 cm³/mol. The van der Waals surface area contributed by atoms with Crippen LogP contribution in [0.3, 0.4) is 0 Å². The first-order valence-electron chi connectivity index (χ1n) is 8.99. The van der Waals surface area contributed by atoms with E-state index in [0.717, 1.165) is 25.0 Å². The molecule has 1 aliphatic heterocycles. The Morgan fingerprint density at radius 1 is 1.26 bits per heavy atom. The molecule has 3 heterocycles. The van der Waals surface area contributed by atoms with E-state index in [2.05, 4.69) is 46.6 Å². The van der Waals surface area contributed by atoms with Crippen LogP contribution in [0.4, 0.5) is 4.39 Å². The Balaban J connectivity index is 0.00000210. The van der Waals surface area contributed by atoms with Crippen molar-refractivity contribution in [3.05, 3.63) is 64.9 Å². The van der Waals surface area contributed by atoms with Gasteiger partial charge in [0.1, 0.15) is 5.60 Å². The van der Waals surface area contributed by atoms with Gasteiger partial charge in [-0.3, -0.25) is 0 Å². The Morgan fingerprint density at radius 3 is 2.74 bits per heavy atom. The van der Waals surface area contributed by atoms with Crippen LogP contribution in [0.15, 0.2) is 36.5 Å². The van der Waals surface area contributed by atoms with E-state index in [0.29, 0.717) is 12.1 Å². The second kappa shape index (κ2) is 7.06. The van der Waals surface area contributed by atoms with Gasteiger partial charge in [-0.1, -0.05) is 25.1 Å². The molecule has 0 amide bonds. The van der Waals surface area contributed by atoms with E-state index in [4.69, 9.17) is 0 Å². The van der Waals surface area contributed by atoms with Crippen LogP contribution in [0.25, 0.3) is 10.9 Å². The zero-order chi connectivity index (χ0) is 18.5. The van der Waals surface area contributed by atoms with Crippen molar-refractivity contribution in [1.29, 1.82) is 0 Å². The molecule has 0 spiro atoms. The fourth-order valence-corrected chi connectivity index (χ4v) is 3.97. The largest absolute Gasteiger partial charge is 0.384 e. The lowest BCUT2D eigenvalue weighted by Gasteiger charge is -2.28. The van der Waals surface area contributed by atoms with E-state index in [9.17, 15) is 9.50 Å². The van der Waals surface area contributed by atoms with E-state index in [-0.39, 0.29) is 7.43 Å². The summed E-state index contributed by atoms with van der Waals surface area (Å²) < 4.78 is 15.4. The summed E-state index contributed by atoms with van der Waals surface area (Å²) in [7, 11) is 2.14. The van der Waals surface area contributed by atoms with Crippen molar-refractivity contribution < 1.29 is 9.50 Å². The molecule has 27 heavy (non-hydrogen) atoms. The van der Waals surface area contributed by atoms with Crippen LogP contribution in [-0.2, 0) is 25.1 Å². The summed E-state index contributed by atoms with van der Waals surface area (Å²) in [5, 5.41) is 12.4. The molecule has 1 aliphatic rings. The van der Waals surface area contributed by atoms with Gasteiger partial charge in [-0.2, -0.15) is 4.39 Å². The highest BCUT2D eigenvalue weighted by Crippen LogP contribution is 2.34. The molecular weight excluding hydrogens is 341 g/mol. The second-order valence-electron chi connectivity index (χ2n) is 7.66. The number of aliphatic hydroxyl groups is 1. The second-order valence-corrected chi connectivity index (χ2v) is 7.66. The average molecular weight is 369 g/mol. The summed E-state index contributed by atoms with van der Waals surface area (Å²) in [5.41, 5.74) is 4.51. The van der Waals surface area contributed by atoms with Crippen LogP contribution < -0.4 is 0 Å². The Bertz CT molecular complexity index is 960. The Kier molecular flexibility index (Phi) is 5.10. The van der Waals surface area contributed by atoms with Crippen molar-refractivity contribution >= 4 is 10.9 Å². The van der Waals surface area contributed by atoms with Crippen LogP contribution >= 0.6 is 0 Å². The van der Waals surface area contributed by atoms with Crippen LogP contribution in [0.2, 0.25) is 0 Å². The van der Waals surface area contributed by atoms with E-state index in [1.54, 1.807) is 13.0 Å². The Labute approximate surface area is 160 Å². The number of likely N-dealkylation sites (N-methyl/N-ethyl adjacent to an activating group) is 1. The number of hydrogen-bond acceptors (Lipinski definition) is 3. The molecule has 4 rings (SSSR count). The zero-order valence-electron chi connectivity index (χ0n) is 15.5. The minimum Gasteiger partial charge on any atom is -0.384 e. The van der Waals surface area contributed by atoms with Crippen LogP contribution in [0.5, 0.6) is 0 Å². The molecule has 1 atom stereocenters. The highest BCUT2D eigenvalue weighted by atomic mass is 19.1. The van der Waals surface area contributed by atoms with Crippen molar-refractivity contribution in [2.45, 2.75) is 46.4 Å². The van der Waals surface area contributed by atoms with Gasteiger partial charge in [0.2, 0.25) is 5.95 Å². The van der Waals surface area contributed by atoms with E-state index < -0.39 is 11.5 Å². The minimum atomic E-state index is -1.13. The third-order valence-corrected chi connectivity index (χ3v) is 5.42. The maximum atomic E-state index is 13.2. The molecule has 5 heteroatoms. The van der Waals surface area contributed by atoms with Gasteiger partial charge in [0, 0.05) is 47.9 Å².